The number of carbonyl (C=O) groups is 2. The van der Waals surface area contributed by atoms with Gasteiger partial charge in [0, 0.05) is 0 Å². The van der Waals surface area contributed by atoms with Gasteiger partial charge in [-0.05, 0) is 43.7 Å². The van der Waals surface area contributed by atoms with E-state index in [2.05, 4.69) is 0 Å². The molecule has 0 atom stereocenters. The molecule has 5 heteroatoms. The Kier molecular flexibility index (Phi) is 5.20. The van der Waals surface area contributed by atoms with Crippen LogP contribution >= 0.6 is 0 Å². The third kappa shape index (κ3) is 3.74. The fraction of sp³-hybridized carbons (Fsp3) is 0.500. The quantitative estimate of drug-likeness (QED) is 0.667. The Morgan fingerprint density at radius 1 is 1.33 bits per heavy atom. The molecule has 0 saturated heterocycles. The molecule has 1 aromatic carbocycles. The van der Waals surface area contributed by atoms with E-state index < -0.39 is 0 Å². The highest BCUT2D eigenvalue weighted by Gasteiger charge is 2.27. The van der Waals surface area contributed by atoms with Gasteiger partial charge in [0.2, 0.25) is 0 Å². The van der Waals surface area contributed by atoms with Crippen LogP contribution in [0.4, 0.5) is 0 Å². The molecular formula is C16H20O5. The predicted molar refractivity (Wildman–Crippen MR) is 76.5 cm³/mol. The van der Waals surface area contributed by atoms with Gasteiger partial charge in [0.1, 0.15) is 11.5 Å². The van der Waals surface area contributed by atoms with E-state index in [1.165, 1.54) is 13.2 Å². The normalized spacial score (nSPS) is 21.6. The van der Waals surface area contributed by atoms with E-state index in [-0.39, 0.29) is 23.2 Å². The van der Waals surface area contributed by atoms with Crippen molar-refractivity contribution in [1.82, 2.24) is 0 Å². The summed E-state index contributed by atoms with van der Waals surface area (Å²) in [6.45, 7) is 0.484. The monoisotopic (exact) mass is 292 g/mol. The predicted octanol–water partition coefficient (Wildman–Crippen LogP) is 2.56. The summed E-state index contributed by atoms with van der Waals surface area (Å²) in [6, 6.07) is 4.77. The maximum absolute atomic E-state index is 11.5. The second-order valence-corrected chi connectivity index (χ2v) is 5.36. The molecule has 0 aromatic heterocycles. The minimum Gasteiger partial charge on any atom is -0.507 e. The van der Waals surface area contributed by atoms with E-state index in [4.69, 9.17) is 9.47 Å². The van der Waals surface area contributed by atoms with Gasteiger partial charge in [-0.25, -0.2) is 0 Å². The molecule has 1 aromatic rings. The van der Waals surface area contributed by atoms with Crippen LogP contribution in [0.2, 0.25) is 0 Å². The summed E-state index contributed by atoms with van der Waals surface area (Å²) in [4.78, 5) is 22.4. The van der Waals surface area contributed by atoms with Gasteiger partial charge in [0.15, 0.2) is 6.29 Å². The lowest BCUT2D eigenvalue weighted by atomic mass is 9.82. The number of esters is 1. The Labute approximate surface area is 123 Å². The molecule has 1 aliphatic carbocycles. The summed E-state index contributed by atoms with van der Waals surface area (Å²) in [6.07, 6.45) is 4.01. The summed E-state index contributed by atoms with van der Waals surface area (Å²) in [5, 5.41) is 9.59. The number of carbonyl (C=O) groups excluding carboxylic acids is 2. The van der Waals surface area contributed by atoms with Crippen LogP contribution in [0, 0.1) is 11.8 Å². The second kappa shape index (κ2) is 7.11. The van der Waals surface area contributed by atoms with Crippen LogP contribution in [0.5, 0.6) is 11.5 Å². The average Bonchev–Trinajstić information content (AvgIpc) is 2.52. The first-order chi connectivity index (χ1) is 10.2. The Balaban J connectivity index is 1.87. The van der Waals surface area contributed by atoms with Crippen molar-refractivity contribution in [3.05, 3.63) is 23.8 Å². The Morgan fingerprint density at radius 3 is 2.67 bits per heavy atom. The third-order valence-corrected chi connectivity index (χ3v) is 4.02. The van der Waals surface area contributed by atoms with Crippen LogP contribution in [-0.2, 0) is 9.53 Å². The highest BCUT2D eigenvalue weighted by atomic mass is 16.5. The molecule has 0 radical (unpaired) electrons. The largest absolute Gasteiger partial charge is 0.507 e. The lowest BCUT2D eigenvalue weighted by Crippen LogP contribution is -2.25. The summed E-state index contributed by atoms with van der Waals surface area (Å²) in [7, 11) is 1.42. The minimum absolute atomic E-state index is 0.00226. The van der Waals surface area contributed by atoms with E-state index >= 15 is 0 Å². The number of rotatable bonds is 5. The highest BCUT2D eigenvalue weighted by Crippen LogP contribution is 2.31. The number of aldehydes is 1. The van der Waals surface area contributed by atoms with Gasteiger partial charge >= 0.3 is 5.97 Å². The number of hydrogen-bond acceptors (Lipinski definition) is 5. The van der Waals surface area contributed by atoms with E-state index in [9.17, 15) is 14.7 Å². The van der Waals surface area contributed by atoms with Crippen molar-refractivity contribution in [1.29, 1.82) is 0 Å². The molecule has 0 amide bonds. The zero-order valence-electron chi connectivity index (χ0n) is 12.1. The van der Waals surface area contributed by atoms with Crippen molar-refractivity contribution < 1.29 is 24.2 Å². The summed E-state index contributed by atoms with van der Waals surface area (Å²) in [5.74, 6) is 0.549. The molecule has 0 spiro atoms. The number of methoxy groups -OCH3 is 1. The van der Waals surface area contributed by atoms with Crippen LogP contribution in [0.25, 0.3) is 0 Å². The van der Waals surface area contributed by atoms with Gasteiger partial charge in [0.25, 0.3) is 0 Å². The van der Waals surface area contributed by atoms with Gasteiger partial charge in [0.05, 0.1) is 25.2 Å². The summed E-state index contributed by atoms with van der Waals surface area (Å²) in [5.41, 5.74) is 0.181. The van der Waals surface area contributed by atoms with Crippen molar-refractivity contribution in [3.8, 4) is 11.5 Å². The van der Waals surface area contributed by atoms with Gasteiger partial charge < -0.3 is 14.6 Å². The lowest BCUT2D eigenvalue weighted by molar-refractivity contribution is -0.146. The molecular weight excluding hydrogens is 272 g/mol. The third-order valence-electron chi connectivity index (χ3n) is 4.02. The van der Waals surface area contributed by atoms with Crippen molar-refractivity contribution in [2.75, 3.05) is 13.7 Å². The molecule has 21 heavy (non-hydrogen) atoms. The van der Waals surface area contributed by atoms with E-state index in [1.54, 1.807) is 12.1 Å². The number of ether oxygens (including phenoxy) is 2. The molecule has 2 rings (SSSR count). The molecule has 114 valence electrons. The Hall–Kier alpha value is -2.04. The van der Waals surface area contributed by atoms with Crippen LogP contribution in [-0.4, -0.2) is 31.1 Å². The maximum atomic E-state index is 11.5. The van der Waals surface area contributed by atoms with Crippen molar-refractivity contribution >= 4 is 12.3 Å². The first-order valence-electron chi connectivity index (χ1n) is 7.13. The zero-order valence-corrected chi connectivity index (χ0v) is 12.1. The fourth-order valence-corrected chi connectivity index (χ4v) is 2.72. The SMILES string of the molecule is COC(=O)C1CCC(COc2cccc(O)c2C=O)CC1. The number of hydrogen-bond donors (Lipinski definition) is 1. The molecule has 1 N–H and O–H groups in total. The summed E-state index contributed by atoms with van der Waals surface area (Å²) >= 11 is 0. The molecule has 1 fully saturated rings. The van der Waals surface area contributed by atoms with Crippen molar-refractivity contribution in [3.63, 3.8) is 0 Å². The molecule has 1 aliphatic rings. The number of phenols is 1. The highest BCUT2D eigenvalue weighted by molar-refractivity contribution is 5.83. The van der Waals surface area contributed by atoms with Gasteiger partial charge in [-0.3, -0.25) is 9.59 Å². The second-order valence-electron chi connectivity index (χ2n) is 5.36. The average molecular weight is 292 g/mol. The zero-order chi connectivity index (χ0) is 15.2. The standard InChI is InChI=1S/C16H20O5/c1-20-16(19)12-7-5-11(6-8-12)10-21-15-4-2-3-14(18)13(15)9-17/h2-4,9,11-12,18H,5-8,10H2,1H3. The molecule has 0 unspecified atom stereocenters. The van der Waals surface area contributed by atoms with E-state index in [1.807, 2.05) is 0 Å². The van der Waals surface area contributed by atoms with Gasteiger partial charge in [-0.15, -0.1) is 0 Å². The molecule has 0 bridgehead atoms. The minimum atomic E-state index is -0.134. The first kappa shape index (κ1) is 15.4. The lowest BCUT2D eigenvalue weighted by Gasteiger charge is -2.26. The number of phenolic OH excluding ortho intramolecular Hbond substituents is 1. The Bertz CT molecular complexity index is 503. The first-order valence-corrected chi connectivity index (χ1v) is 7.13. The maximum Gasteiger partial charge on any atom is 0.308 e. The Morgan fingerprint density at radius 2 is 2.05 bits per heavy atom. The molecule has 1 saturated carbocycles. The molecule has 0 heterocycles. The molecule has 5 nitrogen and oxygen atoms in total. The van der Waals surface area contributed by atoms with Crippen molar-refractivity contribution in [2.24, 2.45) is 11.8 Å². The molecule has 0 aliphatic heterocycles. The number of aromatic hydroxyl groups is 1. The summed E-state index contributed by atoms with van der Waals surface area (Å²) < 4.78 is 10.4. The van der Waals surface area contributed by atoms with Crippen molar-refractivity contribution in [2.45, 2.75) is 25.7 Å². The number of benzene rings is 1. The van der Waals surface area contributed by atoms with E-state index in [0.29, 0.717) is 24.6 Å². The fourth-order valence-electron chi connectivity index (χ4n) is 2.72. The van der Waals surface area contributed by atoms with E-state index in [0.717, 1.165) is 25.7 Å². The van der Waals surface area contributed by atoms with Crippen LogP contribution in [0.3, 0.4) is 0 Å². The van der Waals surface area contributed by atoms with Gasteiger partial charge in [-0.1, -0.05) is 6.07 Å². The smallest absolute Gasteiger partial charge is 0.308 e. The van der Waals surface area contributed by atoms with Crippen LogP contribution in [0.15, 0.2) is 18.2 Å². The topological polar surface area (TPSA) is 72.8 Å². The van der Waals surface area contributed by atoms with Crippen LogP contribution in [0.1, 0.15) is 36.0 Å². The van der Waals surface area contributed by atoms with Gasteiger partial charge in [-0.2, -0.15) is 0 Å². The van der Waals surface area contributed by atoms with Crippen LogP contribution < -0.4 is 4.74 Å².